The minimum absolute atomic E-state index is 0.0537. The van der Waals surface area contributed by atoms with E-state index in [1.807, 2.05) is 41.8 Å². The molecule has 1 aromatic carbocycles. The molecule has 1 aliphatic carbocycles. The van der Waals surface area contributed by atoms with Gasteiger partial charge in [-0.25, -0.2) is 0 Å². The molecule has 3 amide bonds. The van der Waals surface area contributed by atoms with Gasteiger partial charge in [0.25, 0.3) is 5.91 Å². The summed E-state index contributed by atoms with van der Waals surface area (Å²) < 4.78 is 0. The number of benzene rings is 1. The molecule has 4 fully saturated rings. The molecule has 1 unspecified atom stereocenters. The molecule has 1 saturated carbocycles. The zero-order valence-electron chi connectivity index (χ0n) is 19.4. The first-order valence-corrected chi connectivity index (χ1v) is 11.9. The smallest absolute Gasteiger partial charge is 0.251 e. The fourth-order valence-electron chi connectivity index (χ4n) is 6.22. The number of nitrogens with one attached hydrogen (secondary N) is 1. The number of amides is 3. The molecule has 174 valence electrons. The summed E-state index contributed by atoms with van der Waals surface area (Å²) in [5.74, 6) is 0.284. The van der Waals surface area contributed by atoms with Gasteiger partial charge in [0.05, 0.1) is 18.2 Å². The van der Waals surface area contributed by atoms with Crippen molar-refractivity contribution < 1.29 is 14.4 Å². The van der Waals surface area contributed by atoms with Gasteiger partial charge in [-0.2, -0.15) is 5.26 Å². The molecular formula is C25H31N5O3. The topological polar surface area (TPSA) is 96.8 Å². The lowest BCUT2D eigenvalue weighted by molar-refractivity contribution is -0.142. The van der Waals surface area contributed by atoms with Crippen LogP contribution in [-0.4, -0.2) is 76.7 Å². The third-order valence-electron chi connectivity index (χ3n) is 8.03. The lowest BCUT2D eigenvalue weighted by atomic mass is 10.0. The molecule has 8 heteroatoms. The van der Waals surface area contributed by atoms with E-state index in [9.17, 15) is 19.6 Å². The molecule has 0 aromatic heterocycles. The van der Waals surface area contributed by atoms with Gasteiger partial charge in [0.2, 0.25) is 11.8 Å². The maximum absolute atomic E-state index is 13.3. The van der Waals surface area contributed by atoms with Gasteiger partial charge in [-0.3, -0.25) is 19.3 Å². The fraction of sp³-hybridized carbons (Fsp3) is 0.600. The number of hydrogen-bond acceptors (Lipinski definition) is 5. The van der Waals surface area contributed by atoms with E-state index < -0.39 is 0 Å². The van der Waals surface area contributed by atoms with Crippen molar-refractivity contribution in [2.75, 3.05) is 20.1 Å². The number of fused-ring (bicyclic) bond motifs is 3. The molecule has 1 aromatic rings. The lowest BCUT2D eigenvalue weighted by Crippen LogP contribution is -2.53. The average Bonchev–Trinajstić information content (AvgIpc) is 3.15. The van der Waals surface area contributed by atoms with Crippen LogP contribution in [0.1, 0.15) is 55.1 Å². The Bertz CT molecular complexity index is 1040. The number of rotatable bonds is 6. The SMILES string of the molecule is CNC(=O)c1cccc([C@H](C)N2C(=O)[C@@H]3C[C@H]2CN3C[C@H](C)C(=O)N2C3C[C@H]3C[C@H]2C#N)c1. The Hall–Kier alpha value is -2.92. The van der Waals surface area contributed by atoms with Crippen LogP contribution < -0.4 is 5.32 Å². The maximum Gasteiger partial charge on any atom is 0.251 e. The monoisotopic (exact) mass is 449 g/mol. The van der Waals surface area contributed by atoms with Gasteiger partial charge in [0.15, 0.2) is 0 Å². The van der Waals surface area contributed by atoms with E-state index in [4.69, 9.17) is 0 Å². The van der Waals surface area contributed by atoms with Crippen LogP contribution in [0.25, 0.3) is 0 Å². The van der Waals surface area contributed by atoms with Gasteiger partial charge >= 0.3 is 0 Å². The number of hydrogen-bond donors (Lipinski definition) is 1. The molecule has 3 aliphatic heterocycles. The summed E-state index contributed by atoms with van der Waals surface area (Å²) in [5, 5.41) is 12.1. The third-order valence-corrected chi connectivity index (χ3v) is 8.03. The number of piperidine rings is 1. The number of carbonyl (C=O) groups is 3. The Morgan fingerprint density at radius 3 is 2.73 bits per heavy atom. The van der Waals surface area contributed by atoms with Crippen molar-refractivity contribution in [1.82, 2.24) is 20.0 Å². The molecule has 3 heterocycles. The van der Waals surface area contributed by atoms with Gasteiger partial charge < -0.3 is 15.1 Å². The Labute approximate surface area is 194 Å². The molecule has 1 N–H and O–H groups in total. The highest BCUT2D eigenvalue weighted by Gasteiger charge is 2.55. The zero-order chi connectivity index (χ0) is 23.4. The Balaban J connectivity index is 1.24. The molecule has 5 rings (SSSR count). The zero-order valence-corrected chi connectivity index (χ0v) is 19.4. The second kappa shape index (κ2) is 8.14. The van der Waals surface area contributed by atoms with Gasteiger partial charge in [-0.15, -0.1) is 0 Å². The number of nitrogens with zero attached hydrogens (tertiary/aromatic N) is 4. The average molecular weight is 450 g/mol. The van der Waals surface area contributed by atoms with E-state index >= 15 is 0 Å². The fourth-order valence-corrected chi connectivity index (χ4v) is 6.22. The number of piperazine rings is 1. The highest BCUT2D eigenvalue weighted by atomic mass is 16.2. The highest BCUT2D eigenvalue weighted by molar-refractivity contribution is 5.94. The predicted octanol–water partition coefficient (Wildman–Crippen LogP) is 1.54. The Morgan fingerprint density at radius 1 is 1.24 bits per heavy atom. The van der Waals surface area contributed by atoms with Crippen LogP contribution in [0.4, 0.5) is 0 Å². The van der Waals surface area contributed by atoms with Crippen molar-refractivity contribution in [1.29, 1.82) is 5.26 Å². The summed E-state index contributed by atoms with van der Waals surface area (Å²) in [4.78, 5) is 44.4. The van der Waals surface area contributed by atoms with Crippen LogP contribution in [0.2, 0.25) is 0 Å². The maximum atomic E-state index is 13.3. The summed E-state index contributed by atoms with van der Waals surface area (Å²) in [6, 6.07) is 9.48. The Morgan fingerprint density at radius 2 is 2.03 bits per heavy atom. The van der Waals surface area contributed by atoms with Crippen LogP contribution in [0.3, 0.4) is 0 Å². The molecule has 8 nitrogen and oxygen atoms in total. The predicted molar refractivity (Wildman–Crippen MR) is 121 cm³/mol. The van der Waals surface area contributed by atoms with E-state index in [0.29, 0.717) is 18.0 Å². The summed E-state index contributed by atoms with van der Waals surface area (Å²) >= 11 is 0. The van der Waals surface area contributed by atoms with Crippen molar-refractivity contribution >= 4 is 17.7 Å². The normalized spacial score (nSPS) is 31.8. The van der Waals surface area contributed by atoms with Gasteiger partial charge in [0, 0.05) is 43.7 Å². The first kappa shape index (κ1) is 21.9. The van der Waals surface area contributed by atoms with Crippen molar-refractivity contribution in [3.63, 3.8) is 0 Å². The molecule has 7 atom stereocenters. The molecular weight excluding hydrogens is 418 g/mol. The molecule has 4 aliphatic rings. The molecule has 33 heavy (non-hydrogen) atoms. The van der Waals surface area contributed by atoms with Crippen LogP contribution in [0.5, 0.6) is 0 Å². The van der Waals surface area contributed by atoms with E-state index in [2.05, 4.69) is 16.3 Å². The lowest BCUT2D eigenvalue weighted by Gasteiger charge is -2.38. The Kier molecular flexibility index (Phi) is 5.40. The van der Waals surface area contributed by atoms with Crippen LogP contribution in [-0.2, 0) is 9.59 Å². The largest absolute Gasteiger partial charge is 0.355 e. The van der Waals surface area contributed by atoms with Crippen molar-refractivity contribution in [2.45, 2.75) is 63.3 Å². The second-order valence-corrected chi connectivity index (χ2v) is 10.1. The number of likely N-dealkylation sites (tertiary alicyclic amines) is 3. The second-order valence-electron chi connectivity index (χ2n) is 10.1. The number of carbonyl (C=O) groups excluding carboxylic acids is 3. The van der Waals surface area contributed by atoms with Crippen LogP contribution in [0, 0.1) is 23.2 Å². The first-order chi connectivity index (χ1) is 15.8. The van der Waals surface area contributed by atoms with Crippen molar-refractivity contribution in [3.05, 3.63) is 35.4 Å². The molecule has 0 radical (unpaired) electrons. The molecule has 3 saturated heterocycles. The third kappa shape index (κ3) is 3.59. The van der Waals surface area contributed by atoms with Crippen molar-refractivity contribution in [3.8, 4) is 6.07 Å². The molecule has 2 bridgehead atoms. The quantitative estimate of drug-likeness (QED) is 0.711. The van der Waals surface area contributed by atoms with E-state index in [-0.39, 0.29) is 53.8 Å². The summed E-state index contributed by atoms with van der Waals surface area (Å²) in [6.07, 6.45) is 2.60. The minimum Gasteiger partial charge on any atom is -0.355 e. The van der Waals surface area contributed by atoms with E-state index in [1.54, 1.807) is 13.1 Å². The highest BCUT2D eigenvalue weighted by Crippen LogP contribution is 2.48. The number of nitriles is 1. The van der Waals surface area contributed by atoms with Gasteiger partial charge in [-0.1, -0.05) is 19.1 Å². The van der Waals surface area contributed by atoms with E-state index in [1.165, 1.54) is 0 Å². The summed E-state index contributed by atoms with van der Waals surface area (Å²) in [5.41, 5.74) is 1.53. The minimum atomic E-state index is -0.290. The van der Waals surface area contributed by atoms with Crippen molar-refractivity contribution in [2.24, 2.45) is 11.8 Å². The van der Waals surface area contributed by atoms with Crippen LogP contribution >= 0.6 is 0 Å². The van der Waals surface area contributed by atoms with E-state index in [0.717, 1.165) is 31.4 Å². The van der Waals surface area contributed by atoms with Gasteiger partial charge in [-0.05, 0) is 49.8 Å². The summed E-state index contributed by atoms with van der Waals surface area (Å²) in [7, 11) is 1.61. The molecule has 0 spiro atoms. The first-order valence-electron chi connectivity index (χ1n) is 11.9. The standard InChI is InChI=1S/C25H31N5O3/c1-14(24(32)30-19(11-26)8-18-9-21(18)30)12-28-13-20-10-22(28)25(33)29(20)15(2)16-5-4-6-17(7-16)23(31)27-3/h4-7,14-15,18-22H,8-10,12-13H2,1-3H3,(H,27,31)/t14-,15-,18+,19-,20-,21?,22-/m0/s1. The van der Waals surface area contributed by atoms with Crippen LogP contribution in [0.15, 0.2) is 24.3 Å². The summed E-state index contributed by atoms with van der Waals surface area (Å²) in [6.45, 7) is 5.24. The van der Waals surface area contributed by atoms with Gasteiger partial charge in [0.1, 0.15) is 6.04 Å².